The SMILES string of the molecule is CC(=O)N1CCc2c(sc(NC(=O)c3ccc(S(=O)(=O)N(C)Cc4ccco4)cc3)c2C#N)C1. The van der Waals surface area contributed by atoms with E-state index in [4.69, 9.17) is 4.42 Å². The molecule has 3 heterocycles. The van der Waals surface area contributed by atoms with Crippen LogP contribution in [0, 0.1) is 11.3 Å². The molecule has 4 rings (SSSR count). The number of anilines is 1. The highest BCUT2D eigenvalue weighted by Gasteiger charge is 2.27. The molecule has 1 aromatic carbocycles. The maximum absolute atomic E-state index is 12.8. The van der Waals surface area contributed by atoms with E-state index in [2.05, 4.69) is 11.4 Å². The Hall–Kier alpha value is -3.46. The van der Waals surface area contributed by atoms with Gasteiger partial charge in [-0.1, -0.05) is 0 Å². The number of benzene rings is 1. The first-order chi connectivity index (χ1) is 16.2. The number of sulfonamides is 1. The summed E-state index contributed by atoms with van der Waals surface area (Å²) in [4.78, 5) is 27.2. The van der Waals surface area contributed by atoms with Gasteiger partial charge in [-0.3, -0.25) is 9.59 Å². The highest BCUT2D eigenvalue weighted by molar-refractivity contribution is 7.89. The first-order valence-electron chi connectivity index (χ1n) is 10.4. The van der Waals surface area contributed by atoms with Crippen LogP contribution in [0.5, 0.6) is 0 Å². The fraction of sp³-hybridized carbons (Fsp3) is 0.261. The maximum atomic E-state index is 12.8. The zero-order chi connectivity index (χ0) is 24.5. The van der Waals surface area contributed by atoms with Crippen LogP contribution in [0.2, 0.25) is 0 Å². The number of nitrogens with zero attached hydrogens (tertiary/aromatic N) is 3. The van der Waals surface area contributed by atoms with Crippen LogP contribution < -0.4 is 5.32 Å². The topological polar surface area (TPSA) is 124 Å². The van der Waals surface area contributed by atoms with Gasteiger partial charge in [-0.2, -0.15) is 9.57 Å². The molecule has 2 aromatic heterocycles. The third-order valence-electron chi connectivity index (χ3n) is 5.62. The van der Waals surface area contributed by atoms with Crippen molar-refractivity contribution in [2.24, 2.45) is 0 Å². The second-order valence-corrected chi connectivity index (χ2v) is 11.0. The molecule has 1 aliphatic heterocycles. The van der Waals surface area contributed by atoms with E-state index in [1.165, 1.54) is 60.1 Å². The van der Waals surface area contributed by atoms with E-state index in [1.54, 1.807) is 17.0 Å². The maximum Gasteiger partial charge on any atom is 0.256 e. The van der Waals surface area contributed by atoms with Crippen LogP contribution in [-0.4, -0.2) is 43.0 Å². The smallest absolute Gasteiger partial charge is 0.256 e. The summed E-state index contributed by atoms with van der Waals surface area (Å²) in [5.41, 5.74) is 1.53. The standard InChI is InChI=1S/C23H22N4O5S2/c1-15(28)27-10-9-19-20(12-24)23(33-21(19)14-27)25-22(29)16-5-7-18(8-6-16)34(30,31)26(2)13-17-4-3-11-32-17/h3-8,11H,9-10,13-14H2,1-2H3,(H,25,29). The first-order valence-corrected chi connectivity index (χ1v) is 12.7. The summed E-state index contributed by atoms with van der Waals surface area (Å²) in [6.45, 7) is 2.53. The molecule has 2 amide bonds. The van der Waals surface area contributed by atoms with Crippen molar-refractivity contribution in [3.05, 3.63) is 70.0 Å². The van der Waals surface area contributed by atoms with Crippen LogP contribution in [0.15, 0.2) is 52.0 Å². The molecule has 0 bridgehead atoms. The molecule has 9 nitrogen and oxygen atoms in total. The molecule has 1 N–H and O–H groups in total. The summed E-state index contributed by atoms with van der Waals surface area (Å²) in [6, 6.07) is 11.1. The number of hydrogen-bond donors (Lipinski definition) is 1. The Morgan fingerprint density at radius 3 is 2.62 bits per heavy atom. The van der Waals surface area contributed by atoms with Crippen molar-refractivity contribution >= 4 is 38.2 Å². The zero-order valence-corrected chi connectivity index (χ0v) is 20.2. The lowest BCUT2D eigenvalue weighted by molar-refractivity contribution is -0.129. The third-order valence-corrected chi connectivity index (χ3v) is 8.57. The van der Waals surface area contributed by atoms with Gasteiger partial charge in [0.2, 0.25) is 15.9 Å². The summed E-state index contributed by atoms with van der Waals surface area (Å²) in [6.07, 6.45) is 2.03. The fourth-order valence-electron chi connectivity index (χ4n) is 3.72. The van der Waals surface area contributed by atoms with Gasteiger partial charge < -0.3 is 14.6 Å². The van der Waals surface area contributed by atoms with Gasteiger partial charge in [0.25, 0.3) is 5.91 Å². The van der Waals surface area contributed by atoms with Crippen molar-refractivity contribution in [2.75, 3.05) is 18.9 Å². The summed E-state index contributed by atoms with van der Waals surface area (Å²) < 4.78 is 32.0. The number of amides is 2. The molecule has 0 saturated carbocycles. The number of furan rings is 1. The van der Waals surface area contributed by atoms with Crippen molar-refractivity contribution in [1.82, 2.24) is 9.21 Å². The van der Waals surface area contributed by atoms with E-state index in [0.29, 0.717) is 35.8 Å². The largest absolute Gasteiger partial charge is 0.468 e. The number of thiophene rings is 1. The van der Waals surface area contributed by atoms with Crippen molar-refractivity contribution in [2.45, 2.75) is 31.3 Å². The van der Waals surface area contributed by atoms with E-state index in [-0.39, 0.29) is 22.9 Å². The van der Waals surface area contributed by atoms with Crippen LogP contribution in [0.3, 0.4) is 0 Å². The van der Waals surface area contributed by atoms with Gasteiger partial charge in [0, 0.05) is 31.0 Å². The van der Waals surface area contributed by atoms with E-state index in [9.17, 15) is 23.3 Å². The second-order valence-electron chi connectivity index (χ2n) is 7.83. The van der Waals surface area contributed by atoms with Crippen molar-refractivity contribution < 1.29 is 22.4 Å². The predicted molar refractivity (Wildman–Crippen MR) is 126 cm³/mol. The monoisotopic (exact) mass is 498 g/mol. The lowest BCUT2D eigenvalue weighted by atomic mass is 10.0. The molecule has 0 fully saturated rings. The van der Waals surface area contributed by atoms with Crippen molar-refractivity contribution in [3.8, 4) is 6.07 Å². The van der Waals surface area contributed by atoms with Crippen molar-refractivity contribution in [1.29, 1.82) is 5.26 Å². The summed E-state index contributed by atoms with van der Waals surface area (Å²) in [7, 11) is -2.32. The van der Waals surface area contributed by atoms with Gasteiger partial charge in [-0.15, -0.1) is 11.3 Å². The zero-order valence-electron chi connectivity index (χ0n) is 18.6. The minimum Gasteiger partial charge on any atom is -0.468 e. The third kappa shape index (κ3) is 4.61. The molecular weight excluding hydrogens is 476 g/mol. The number of carbonyl (C=O) groups is 2. The van der Waals surface area contributed by atoms with Crippen LogP contribution in [-0.2, 0) is 34.3 Å². The number of rotatable bonds is 6. The molecule has 0 spiro atoms. The Bertz CT molecular complexity index is 1370. The molecule has 176 valence electrons. The van der Waals surface area contributed by atoms with Gasteiger partial charge in [0.1, 0.15) is 16.8 Å². The van der Waals surface area contributed by atoms with Crippen LogP contribution >= 0.6 is 11.3 Å². The molecule has 0 atom stereocenters. The summed E-state index contributed by atoms with van der Waals surface area (Å²) >= 11 is 1.28. The number of hydrogen-bond acceptors (Lipinski definition) is 7. The van der Waals surface area contributed by atoms with E-state index >= 15 is 0 Å². The number of nitrogens with one attached hydrogen (secondary N) is 1. The Balaban J connectivity index is 1.50. The van der Waals surface area contributed by atoms with E-state index in [1.807, 2.05) is 0 Å². The van der Waals surface area contributed by atoms with E-state index in [0.717, 1.165) is 10.4 Å². The van der Waals surface area contributed by atoms with Crippen LogP contribution in [0.1, 0.15) is 39.0 Å². The Kier molecular flexibility index (Phi) is 6.56. The minimum absolute atomic E-state index is 0.0343. The highest BCUT2D eigenvalue weighted by atomic mass is 32.2. The number of carbonyl (C=O) groups excluding carboxylic acids is 2. The second kappa shape index (κ2) is 9.42. The van der Waals surface area contributed by atoms with Crippen LogP contribution in [0.25, 0.3) is 0 Å². The normalized spacial score (nSPS) is 13.4. The molecular formula is C23H22N4O5S2. The number of nitriles is 1. The summed E-state index contributed by atoms with van der Waals surface area (Å²) in [5, 5.41) is 12.8. The number of fused-ring (bicyclic) bond motifs is 1. The Morgan fingerprint density at radius 1 is 1.26 bits per heavy atom. The predicted octanol–water partition coefficient (Wildman–Crippen LogP) is 3.19. The van der Waals surface area contributed by atoms with Gasteiger partial charge >= 0.3 is 0 Å². The molecule has 34 heavy (non-hydrogen) atoms. The lowest BCUT2D eigenvalue weighted by Gasteiger charge is -2.25. The fourth-order valence-corrected chi connectivity index (χ4v) is 6.06. The molecule has 0 saturated heterocycles. The van der Waals surface area contributed by atoms with Gasteiger partial charge in [-0.25, -0.2) is 8.42 Å². The van der Waals surface area contributed by atoms with E-state index < -0.39 is 15.9 Å². The van der Waals surface area contributed by atoms with Crippen molar-refractivity contribution in [3.63, 3.8) is 0 Å². The van der Waals surface area contributed by atoms with Gasteiger partial charge in [0.15, 0.2) is 0 Å². The lowest BCUT2D eigenvalue weighted by Crippen LogP contribution is -2.33. The quantitative estimate of drug-likeness (QED) is 0.557. The van der Waals surface area contributed by atoms with Gasteiger partial charge in [-0.05, 0) is 48.4 Å². The molecule has 0 aliphatic carbocycles. The first kappa shape index (κ1) is 23.7. The Labute approximate surface area is 201 Å². The molecule has 0 unspecified atom stereocenters. The highest BCUT2D eigenvalue weighted by Crippen LogP contribution is 2.37. The molecule has 11 heteroatoms. The molecule has 0 radical (unpaired) electrons. The summed E-state index contributed by atoms with van der Waals surface area (Å²) in [5.74, 6) is 0.0276. The Morgan fingerprint density at radius 2 is 2.00 bits per heavy atom. The minimum atomic E-state index is -3.77. The average molecular weight is 499 g/mol. The molecule has 1 aliphatic rings. The van der Waals surface area contributed by atoms with Gasteiger partial charge in [0.05, 0.1) is 29.8 Å². The molecule has 3 aromatic rings. The van der Waals surface area contributed by atoms with Crippen LogP contribution in [0.4, 0.5) is 5.00 Å². The average Bonchev–Trinajstić information content (AvgIpc) is 3.45.